The lowest BCUT2D eigenvalue weighted by atomic mass is 10.00. The highest BCUT2D eigenvalue weighted by Gasteiger charge is 2.34. The Kier molecular flexibility index (Phi) is 7.86. The lowest BCUT2D eigenvalue weighted by Crippen LogP contribution is -2.50. The van der Waals surface area contributed by atoms with Crippen LogP contribution in [0, 0.1) is 12.7 Å². The molecule has 3 aromatic rings. The van der Waals surface area contributed by atoms with Crippen LogP contribution in [0.2, 0.25) is 0 Å². The molecule has 0 radical (unpaired) electrons. The van der Waals surface area contributed by atoms with Gasteiger partial charge in [-0.05, 0) is 67.5 Å². The average molecular weight is 495 g/mol. The summed E-state index contributed by atoms with van der Waals surface area (Å²) in [7, 11) is 0. The van der Waals surface area contributed by atoms with Crippen LogP contribution in [-0.2, 0) is 11.2 Å². The van der Waals surface area contributed by atoms with Crippen LogP contribution in [0.4, 0.5) is 4.39 Å². The van der Waals surface area contributed by atoms with E-state index in [1.54, 1.807) is 28.4 Å². The predicted molar refractivity (Wildman–Crippen MR) is 136 cm³/mol. The zero-order chi connectivity index (χ0) is 24.9. The first-order chi connectivity index (χ1) is 16.9. The first kappa shape index (κ1) is 24.9. The first-order valence-corrected chi connectivity index (χ1v) is 12.9. The summed E-state index contributed by atoms with van der Waals surface area (Å²) in [6, 6.07) is 15.1. The van der Waals surface area contributed by atoms with E-state index in [2.05, 4.69) is 0 Å². The Morgan fingerprint density at radius 1 is 1.20 bits per heavy atom. The second-order valence-electron chi connectivity index (χ2n) is 8.93. The van der Waals surface area contributed by atoms with Gasteiger partial charge in [0, 0.05) is 29.1 Å². The topological polar surface area (TPSA) is 49.9 Å². The minimum absolute atomic E-state index is 0.00188. The fourth-order valence-electron chi connectivity index (χ4n) is 4.46. The highest BCUT2D eigenvalue weighted by atomic mass is 32.1. The summed E-state index contributed by atoms with van der Waals surface area (Å²) in [5.41, 5.74) is 2.57. The summed E-state index contributed by atoms with van der Waals surface area (Å²) >= 11 is 1.68. The smallest absolute Gasteiger partial charge is 0.254 e. The molecule has 2 heterocycles. The third kappa shape index (κ3) is 5.56. The van der Waals surface area contributed by atoms with E-state index in [0.717, 1.165) is 24.0 Å². The summed E-state index contributed by atoms with van der Waals surface area (Å²) < 4.78 is 19.6. The van der Waals surface area contributed by atoms with Gasteiger partial charge in [-0.15, -0.1) is 11.3 Å². The van der Waals surface area contributed by atoms with E-state index in [1.807, 2.05) is 61.4 Å². The maximum atomic E-state index is 13.7. The molecule has 184 valence electrons. The van der Waals surface area contributed by atoms with Gasteiger partial charge in [0.1, 0.15) is 24.7 Å². The van der Waals surface area contributed by atoms with Gasteiger partial charge in [-0.2, -0.15) is 0 Å². The van der Waals surface area contributed by atoms with Crippen LogP contribution in [0.5, 0.6) is 5.75 Å². The number of amides is 2. The Bertz CT molecular complexity index is 1190. The molecule has 0 fully saturated rings. The largest absolute Gasteiger partial charge is 0.491 e. The standard InChI is InChI=1S/C28H31FN2O3S/c1-4-20(3)31(28(33)23-11-6-5-8-19(23)2)17-27(32)30-14-12-26-24(13-15-35-26)25(30)18-34-22-10-7-9-21(29)16-22/h5-11,13,15-16,20,25H,4,12,14,17-18H2,1-3H3/t20-,25+/m0/s1. The summed E-state index contributed by atoms with van der Waals surface area (Å²) in [4.78, 5) is 31.9. The number of halogens is 1. The molecule has 0 saturated heterocycles. The van der Waals surface area contributed by atoms with Crippen molar-refractivity contribution in [2.24, 2.45) is 0 Å². The molecule has 1 aromatic heterocycles. The molecule has 35 heavy (non-hydrogen) atoms. The number of ether oxygens (including phenoxy) is 1. The number of nitrogens with zero attached hydrogens (tertiary/aromatic N) is 2. The number of carbonyl (C=O) groups excluding carboxylic acids is 2. The first-order valence-electron chi connectivity index (χ1n) is 12.0. The Balaban J connectivity index is 1.56. The zero-order valence-corrected chi connectivity index (χ0v) is 21.2. The van der Waals surface area contributed by atoms with Gasteiger partial charge in [0.2, 0.25) is 5.91 Å². The van der Waals surface area contributed by atoms with E-state index in [0.29, 0.717) is 17.9 Å². The number of fused-ring (bicyclic) bond motifs is 1. The van der Waals surface area contributed by atoms with E-state index < -0.39 is 0 Å². The van der Waals surface area contributed by atoms with Gasteiger partial charge in [-0.3, -0.25) is 9.59 Å². The molecule has 0 unspecified atom stereocenters. The van der Waals surface area contributed by atoms with Gasteiger partial charge in [0.25, 0.3) is 5.91 Å². The number of hydrogen-bond donors (Lipinski definition) is 0. The Hall–Kier alpha value is -3.19. The summed E-state index contributed by atoms with van der Waals surface area (Å²) in [6.07, 6.45) is 1.51. The average Bonchev–Trinajstić information content (AvgIpc) is 3.34. The van der Waals surface area contributed by atoms with Crippen LogP contribution >= 0.6 is 11.3 Å². The molecule has 0 bridgehead atoms. The second kappa shape index (κ2) is 11.0. The molecule has 0 N–H and O–H groups in total. The minimum Gasteiger partial charge on any atom is -0.491 e. The van der Waals surface area contributed by atoms with Crippen molar-refractivity contribution >= 4 is 23.2 Å². The summed E-state index contributed by atoms with van der Waals surface area (Å²) in [6.45, 7) is 6.66. The normalized spacial score (nSPS) is 15.9. The van der Waals surface area contributed by atoms with Crippen molar-refractivity contribution in [1.29, 1.82) is 0 Å². The van der Waals surface area contributed by atoms with Crippen molar-refractivity contribution in [2.75, 3.05) is 19.7 Å². The highest BCUT2D eigenvalue weighted by molar-refractivity contribution is 7.10. The van der Waals surface area contributed by atoms with Gasteiger partial charge >= 0.3 is 0 Å². The van der Waals surface area contributed by atoms with E-state index in [9.17, 15) is 14.0 Å². The number of benzene rings is 2. The number of carbonyl (C=O) groups is 2. The van der Waals surface area contributed by atoms with E-state index in [4.69, 9.17) is 4.74 Å². The minimum atomic E-state index is -0.366. The van der Waals surface area contributed by atoms with Crippen molar-refractivity contribution in [3.63, 3.8) is 0 Å². The van der Waals surface area contributed by atoms with Crippen LogP contribution in [0.25, 0.3) is 0 Å². The maximum Gasteiger partial charge on any atom is 0.254 e. The van der Waals surface area contributed by atoms with Crippen LogP contribution < -0.4 is 4.74 Å². The fourth-order valence-corrected chi connectivity index (χ4v) is 5.39. The number of aryl methyl sites for hydroxylation is 1. The molecular formula is C28H31FN2O3S. The van der Waals surface area contributed by atoms with Crippen LogP contribution in [-0.4, -0.2) is 47.4 Å². The number of thiophene rings is 1. The molecule has 2 atom stereocenters. The van der Waals surface area contributed by atoms with Crippen molar-refractivity contribution in [3.8, 4) is 5.75 Å². The SMILES string of the molecule is CC[C@H](C)N(CC(=O)N1CCc2sccc2[C@H]1COc1cccc(F)c1)C(=O)c1ccccc1C. The van der Waals surface area contributed by atoms with Crippen molar-refractivity contribution in [1.82, 2.24) is 9.80 Å². The van der Waals surface area contributed by atoms with Crippen LogP contribution in [0.3, 0.4) is 0 Å². The molecule has 5 nitrogen and oxygen atoms in total. The lowest BCUT2D eigenvalue weighted by Gasteiger charge is -2.38. The molecule has 7 heteroatoms. The van der Waals surface area contributed by atoms with Gasteiger partial charge < -0.3 is 14.5 Å². The molecule has 0 saturated carbocycles. The Morgan fingerprint density at radius 2 is 2.00 bits per heavy atom. The molecule has 0 spiro atoms. The Morgan fingerprint density at radius 3 is 2.74 bits per heavy atom. The highest BCUT2D eigenvalue weighted by Crippen LogP contribution is 2.34. The molecule has 4 rings (SSSR count). The molecule has 1 aliphatic heterocycles. The van der Waals surface area contributed by atoms with Gasteiger partial charge in [0.05, 0.1) is 6.04 Å². The predicted octanol–water partition coefficient (Wildman–Crippen LogP) is 5.64. The zero-order valence-electron chi connectivity index (χ0n) is 20.4. The van der Waals surface area contributed by atoms with E-state index >= 15 is 0 Å². The maximum absolute atomic E-state index is 13.7. The van der Waals surface area contributed by atoms with Crippen molar-refractivity contribution in [3.05, 3.63) is 87.4 Å². The number of hydrogen-bond acceptors (Lipinski definition) is 4. The summed E-state index contributed by atoms with van der Waals surface area (Å²) in [5, 5.41) is 2.03. The van der Waals surface area contributed by atoms with Gasteiger partial charge in [-0.25, -0.2) is 4.39 Å². The van der Waals surface area contributed by atoms with E-state index in [-0.39, 0.29) is 42.9 Å². The molecule has 1 aliphatic rings. The second-order valence-corrected chi connectivity index (χ2v) is 9.93. The third-order valence-electron chi connectivity index (χ3n) is 6.68. The molecular weight excluding hydrogens is 463 g/mol. The monoisotopic (exact) mass is 494 g/mol. The fraction of sp³-hybridized carbons (Fsp3) is 0.357. The molecule has 2 aromatic carbocycles. The van der Waals surface area contributed by atoms with Gasteiger partial charge in [-0.1, -0.05) is 31.2 Å². The van der Waals surface area contributed by atoms with Crippen LogP contribution in [0.15, 0.2) is 60.0 Å². The van der Waals surface area contributed by atoms with Crippen LogP contribution in [0.1, 0.15) is 52.7 Å². The Labute approximate surface area is 210 Å². The number of rotatable bonds is 8. The molecule has 2 amide bonds. The van der Waals surface area contributed by atoms with E-state index in [1.165, 1.54) is 17.0 Å². The quantitative estimate of drug-likeness (QED) is 0.407. The van der Waals surface area contributed by atoms with Crippen molar-refractivity contribution < 1.29 is 18.7 Å². The summed E-state index contributed by atoms with van der Waals surface area (Å²) in [5.74, 6) is -0.187. The van der Waals surface area contributed by atoms with Crippen molar-refractivity contribution in [2.45, 2.75) is 45.7 Å². The van der Waals surface area contributed by atoms with Gasteiger partial charge in [0.15, 0.2) is 0 Å². The third-order valence-corrected chi connectivity index (χ3v) is 7.68. The molecule has 0 aliphatic carbocycles. The lowest BCUT2D eigenvalue weighted by molar-refractivity contribution is -0.136.